The molecule has 1 amide bonds. The maximum atomic E-state index is 13.2. The van der Waals surface area contributed by atoms with Crippen molar-refractivity contribution < 1.29 is 19.0 Å². The van der Waals surface area contributed by atoms with E-state index in [1.54, 1.807) is 11.0 Å². The number of amides is 1. The number of nitrogens with zero attached hydrogens (tertiary/aromatic N) is 1. The maximum Gasteiger partial charge on any atom is 0.227 e. The Kier molecular flexibility index (Phi) is 5.09. The van der Waals surface area contributed by atoms with E-state index in [9.17, 15) is 9.18 Å². The van der Waals surface area contributed by atoms with Crippen molar-refractivity contribution in [3.63, 3.8) is 0 Å². The van der Waals surface area contributed by atoms with Gasteiger partial charge >= 0.3 is 0 Å². The third-order valence-corrected chi connectivity index (χ3v) is 3.60. The number of aliphatic hydroxyl groups excluding tert-OH is 1. The van der Waals surface area contributed by atoms with Gasteiger partial charge in [-0.05, 0) is 36.6 Å². The van der Waals surface area contributed by atoms with Gasteiger partial charge in [0.2, 0.25) is 5.91 Å². The van der Waals surface area contributed by atoms with Crippen LogP contribution in [0.1, 0.15) is 17.5 Å². The number of hydrogen-bond acceptors (Lipinski definition) is 3. The molecule has 1 saturated heterocycles. The van der Waals surface area contributed by atoms with Crippen LogP contribution < -0.4 is 0 Å². The summed E-state index contributed by atoms with van der Waals surface area (Å²) in [7, 11) is 0. The zero-order valence-corrected chi connectivity index (χ0v) is 11.6. The standard InChI is InChI=1S/C15H20FNO3/c1-11-2-3-13(16)8-12(11)9-15(19)17-5-7-20-14(10-17)4-6-18/h2-3,8,14,18H,4-7,9-10H2,1H3/t14-/m1/s1. The van der Waals surface area contributed by atoms with Crippen LogP contribution in [-0.2, 0) is 16.0 Å². The van der Waals surface area contributed by atoms with E-state index >= 15 is 0 Å². The van der Waals surface area contributed by atoms with Crippen LogP contribution in [0.4, 0.5) is 4.39 Å². The molecular weight excluding hydrogens is 261 g/mol. The van der Waals surface area contributed by atoms with Crippen molar-refractivity contribution >= 4 is 5.91 Å². The lowest BCUT2D eigenvalue weighted by Gasteiger charge is -2.33. The van der Waals surface area contributed by atoms with Gasteiger partial charge in [-0.1, -0.05) is 6.07 Å². The second-order valence-corrected chi connectivity index (χ2v) is 5.09. The molecule has 1 aliphatic heterocycles. The number of aryl methyl sites for hydroxylation is 1. The lowest BCUT2D eigenvalue weighted by molar-refractivity contribution is -0.138. The molecule has 20 heavy (non-hydrogen) atoms. The fourth-order valence-corrected chi connectivity index (χ4v) is 2.37. The van der Waals surface area contributed by atoms with Gasteiger partial charge in [-0.15, -0.1) is 0 Å². The van der Waals surface area contributed by atoms with Crippen LogP contribution in [0.3, 0.4) is 0 Å². The zero-order chi connectivity index (χ0) is 14.5. The number of rotatable bonds is 4. The number of hydrogen-bond donors (Lipinski definition) is 1. The summed E-state index contributed by atoms with van der Waals surface area (Å²) in [4.78, 5) is 14.0. The Hall–Kier alpha value is -1.46. The molecule has 0 bridgehead atoms. The zero-order valence-electron chi connectivity index (χ0n) is 11.6. The third-order valence-electron chi connectivity index (χ3n) is 3.60. The summed E-state index contributed by atoms with van der Waals surface area (Å²) in [6.45, 7) is 3.45. The first-order chi connectivity index (χ1) is 9.60. The van der Waals surface area contributed by atoms with E-state index in [-0.39, 0.29) is 30.9 Å². The van der Waals surface area contributed by atoms with E-state index in [1.165, 1.54) is 12.1 Å². The minimum atomic E-state index is -0.321. The summed E-state index contributed by atoms with van der Waals surface area (Å²) in [5, 5.41) is 8.92. The molecule has 5 heteroatoms. The van der Waals surface area contributed by atoms with E-state index in [0.29, 0.717) is 26.1 Å². The van der Waals surface area contributed by atoms with Gasteiger partial charge in [-0.25, -0.2) is 4.39 Å². The van der Waals surface area contributed by atoms with Gasteiger partial charge in [0.15, 0.2) is 0 Å². The van der Waals surface area contributed by atoms with Crippen LogP contribution in [0.15, 0.2) is 18.2 Å². The monoisotopic (exact) mass is 281 g/mol. The van der Waals surface area contributed by atoms with Crippen molar-refractivity contribution in [3.05, 3.63) is 35.1 Å². The summed E-state index contributed by atoms with van der Waals surface area (Å²) in [6, 6.07) is 4.50. The van der Waals surface area contributed by atoms with Crippen molar-refractivity contribution in [1.29, 1.82) is 0 Å². The van der Waals surface area contributed by atoms with Crippen LogP contribution in [0.2, 0.25) is 0 Å². The molecule has 1 aliphatic rings. The third kappa shape index (κ3) is 3.77. The summed E-state index contributed by atoms with van der Waals surface area (Å²) in [5.74, 6) is -0.344. The molecule has 4 nitrogen and oxygen atoms in total. The molecule has 1 aromatic carbocycles. The molecule has 0 aliphatic carbocycles. The van der Waals surface area contributed by atoms with Crippen LogP contribution in [0.25, 0.3) is 0 Å². The Balaban J connectivity index is 1.99. The van der Waals surface area contributed by atoms with Gasteiger partial charge in [-0.2, -0.15) is 0 Å². The quantitative estimate of drug-likeness (QED) is 0.904. The Morgan fingerprint density at radius 1 is 1.55 bits per heavy atom. The molecular formula is C15H20FNO3. The van der Waals surface area contributed by atoms with E-state index < -0.39 is 0 Å². The Bertz CT molecular complexity index is 476. The SMILES string of the molecule is Cc1ccc(F)cc1CC(=O)N1CCO[C@H](CCO)C1. The molecule has 1 heterocycles. The molecule has 1 fully saturated rings. The first-order valence-corrected chi connectivity index (χ1v) is 6.85. The van der Waals surface area contributed by atoms with Crippen LogP contribution in [0.5, 0.6) is 0 Å². The Labute approximate surface area is 118 Å². The summed E-state index contributed by atoms with van der Waals surface area (Å²) in [5.41, 5.74) is 1.64. The van der Waals surface area contributed by atoms with Crippen molar-refractivity contribution in [2.45, 2.75) is 25.9 Å². The van der Waals surface area contributed by atoms with E-state index in [2.05, 4.69) is 0 Å². The lowest BCUT2D eigenvalue weighted by atomic mass is 10.0. The van der Waals surface area contributed by atoms with Crippen molar-refractivity contribution in [2.24, 2.45) is 0 Å². The van der Waals surface area contributed by atoms with Crippen molar-refractivity contribution in [3.8, 4) is 0 Å². The lowest BCUT2D eigenvalue weighted by Crippen LogP contribution is -2.46. The first-order valence-electron chi connectivity index (χ1n) is 6.85. The molecule has 1 N–H and O–H groups in total. The fourth-order valence-electron chi connectivity index (χ4n) is 2.37. The van der Waals surface area contributed by atoms with E-state index in [4.69, 9.17) is 9.84 Å². The molecule has 0 saturated carbocycles. The molecule has 110 valence electrons. The Morgan fingerprint density at radius 2 is 2.35 bits per heavy atom. The highest BCUT2D eigenvalue weighted by Gasteiger charge is 2.24. The number of benzene rings is 1. The minimum absolute atomic E-state index is 0.0232. The van der Waals surface area contributed by atoms with Gasteiger partial charge in [0.25, 0.3) is 0 Å². The minimum Gasteiger partial charge on any atom is -0.396 e. The molecule has 0 spiro atoms. The van der Waals surface area contributed by atoms with E-state index in [0.717, 1.165) is 11.1 Å². The van der Waals surface area contributed by atoms with Crippen molar-refractivity contribution in [2.75, 3.05) is 26.3 Å². The number of carbonyl (C=O) groups excluding carboxylic acids is 1. The molecule has 0 aromatic heterocycles. The van der Waals surface area contributed by atoms with Gasteiger partial charge in [-0.3, -0.25) is 4.79 Å². The Morgan fingerprint density at radius 3 is 3.10 bits per heavy atom. The number of carbonyl (C=O) groups is 1. The average molecular weight is 281 g/mol. The molecule has 0 radical (unpaired) electrons. The topological polar surface area (TPSA) is 49.8 Å². The second-order valence-electron chi connectivity index (χ2n) is 5.09. The maximum absolute atomic E-state index is 13.2. The van der Waals surface area contributed by atoms with Crippen LogP contribution in [-0.4, -0.2) is 48.3 Å². The molecule has 1 atom stereocenters. The molecule has 2 rings (SSSR count). The van der Waals surface area contributed by atoms with Gasteiger partial charge < -0.3 is 14.7 Å². The normalized spacial score (nSPS) is 19.1. The van der Waals surface area contributed by atoms with Gasteiger partial charge in [0.05, 0.1) is 19.1 Å². The number of halogens is 1. The van der Waals surface area contributed by atoms with Gasteiger partial charge in [0, 0.05) is 19.7 Å². The summed E-state index contributed by atoms with van der Waals surface area (Å²) in [6.07, 6.45) is 0.629. The number of aliphatic hydroxyl groups is 1. The van der Waals surface area contributed by atoms with Gasteiger partial charge in [0.1, 0.15) is 5.82 Å². The smallest absolute Gasteiger partial charge is 0.227 e. The van der Waals surface area contributed by atoms with Crippen molar-refractivity contribution in [1.82, 2.24) is 4.90 Å². The summed E-state index contributed by atoms with van der Waals surface area (Å²) >= 11 is 0. The number of morpholine rings is 1. The predicted molar refractivity (Wildman–Crippen MR) is 72.9 cm³/mol. The largest absolute Gasteiger partial charge is 0.396 e. The highest BCUT2D eigenvalue weighted by molar-refractivity contribution is 5.79. The van der Waals surface area contributed by atoms with Crippen LogP contribution >= 0.6 is 0 Å². The second kappa shape index (κ2) is 6.81. The molecule has 0 unspecified atom stereocenters. The van der Waals surface area contributed by atoms with E-state index in [1.807, 2.05) is 6.92 Å². The highest BCUT2D eigenvalue weighted by atomic mass is 19.1. The molecule has 1 aromatic rings. The first kappa shape index (κ1) is 14.9. The predicted octanol–water partition coefficient (Wildman–Crippen LogP) is 1.29. The highest BCUT2D eigenvalue weighted by Crippen LogP contribution is 2.14. The van der Waals surface area contributed by atoms with Crippen LogP contribution in [0, 0.1) is 12.7 Å². The number of ether oxygens (including phenoxy) is 1. The average Bonchev–Trinajstić information content (AvgIpc) is 2.43. The fraction of sp³-hybridized carbons (Fsp3) is 0.533. The summed E-state index contributed by atoms with van der Waals surface area (Å²) < 4.78 is 18.7.